The standard InChI is InChI=1S/C29H27NO/c1-23-12-14-24(15-13-23)22-26(20-21-31)25-16-18-29(19-17-25)30(27-8-4-2-5-9-27)28-10-6-3-7-11-28/h2-19,22,31H,20-21H2,1H3. The molecule has 0 saturated heterocycles. The third-order valence-electron chi connectivity index (χ3n) is 5.32. The van der Waals surface area contributed by atoms with Gasteiger partial charge in [0.05, 0.1) is 0 Å². The van der Waals surface area contributed by atoms with E-state index >= 15 is 0 Å². The fourth-order valence-corrected chi connectivity index (χ4v) is 3.71. The normalized spacial score (nSPS) is 11.4. The second-order valence-corrected chi connectivity index (χ2v) is 7.61. The summed E-state index contributed by atoms with van der Waals surface area (Å²) >= 11 is 0. The Bertz CT molecular complexity index is 1080. The number of aliphatic hydroxyl groups is 1. The number of hydrogen-bond donors (Lipinski definition) is 1. The monoisotopic (exact) mass is 405 g/mol. The van der Waals surface area contributed by atoms with Crippen LogP contribution in [0.3, 0.4) is 0 Å². The molecule has 4 aromatic rings. The molecule has 0 spiro atoms. The Morgan fingerprint density at radius 1 is 0.677 bits per heavy atom. The highest BCUT2D eigenvalue weighted by Gasteiger charge is 2.12. The number of benzene rings is 4. The van der Waals surface area contributed by atoms with Crippen LogP contribution in [0.2, 0.25) is 0 Å². The van der Waals surface area contributed by atoms with E-state index in [2.05, 4.69) is 115 Å². The van der Waals surface area contributed by atoms with E-state index in [9.17, 15) is 5.11 Å². The van der Waals surface area contributed by atoms with Crippen LogP contribution in [0.15, 0.2) is 109 Å². The van der Waals surface area contributed by atoms with Crippen LogP contribution in [0.5, 0.6) is 0 Å². The van der Waals surface area contributed by atoms with Crippen LogP contribution in [0.4, 0.5) is 17.1 Å². The summed E-state index contributed by atoms with van der Waals surface area (Å²) in [5.41, 5.74) is 7.98. The maximum Gasteiger partial charge on any atom is 0.0471 e. The molecular weight excluding hydrogens is 378 g/mol. The smallest absolute Gasteiger partial charge is 0.0471 e. The van der Waals surface area contributed by atoms with Gasteiger partial charge in [0, 0.05) is 23.7 Å². The zero-order valence-electron chi connectivity index (χ0n) is 17.8. The summed E-state index contributed by atoms with van der Waals surface area (Å²) in [7, 11) is 0. The van der Waals surface area contributed by atoms with Gasteiger partial charge in [0.2, 0.25) is 0 Å². The van der Waals surface area contributed by atoms with Crippen molar-refractivity contribution in [3.63, 3.8) is 0 Å². The minimum atomic E-state index is 0.125. The molecule has 0 aromatic heterocycles. The molecule has 0 atom stereocenters. The van der Waals surface area contributed by atoms with Crippen molar-refractivity contribution in [3.8, 4) is 0 Å². The van der Waals surface area contributed by atoms with E-state index in [1.54, 1.807) is 0 Å². The molecule has 0 aliphatic rings. The van der Waals surface area contributed by atoms with Crippen molar-refractivity contribution in [3.05, 3.63) is 126 Å². The van der Waals surface area contributed by atoms with Crippen LogP contribution in [0.1, 0.15) is 23.1 Å². The number of aryl methyl sites for hydroxylation is 1. The van der Waals surface area contributed by atoms with Gasteiger partial charge in [0.25, 0.3) is 0 Å². The Kier molecular flexibility index (Phi) is 6.61. The second kappa shape index (κ2) is 9.92. The molecule has 4 rings (SSSR count). The average molecular weight is 406 g/mol. The van der Waals surface area contributed by atoms with Gasteiger partial charge in [0.15, 0.2) is 0 Å². The average Bonchev–Trinajstić information content (AvgIpc) is 2.82. The molecule has 0 heterocycles. The molecular formula is C29H27NO. The molecule has 0 saturated carbocycles. The number of hydrogen-bond acceptors (Lipinski definition) is 2. The Labute approximate surface area is 184 Å². The molecule has 0 bridgehead atoms. The summed E-state index contributed by atoms with van der Waals surface area (Å²) in [6.45, 7) is 2.21. The Balaban J connectivity index is 1.69. The fourth-order valence-electron chi connectivity index (χ4n) is 3.71. The first kappa shape index (κ1) is 20.6. The van der Waals surface area contributed by atoms with Crippen molar-refractivity contribution < 1.29 is 5.11 Å². The molecule has 1 N–H and O–H groups in total. The molecule has 0 fully saturated rings. The molecule has 154 valence electrons. The Morgan fingerprint density at radius 3 is 1.71 bits per heavy atom. The molecule has 0 aliphatic heterocycles. The van der Waals surface area contributed by atoms with Crippen LogP contribution in [-0.2, 0) is 0 Å². The molecule has 0 aliphatic carbocycles. The van der Waals surface area contributed by atoms with Crippen LogP contribution >= 0.6 is 0 Å². The minimum absolute atomic E-state index is 0.125. The molecule has 2 heteroatoms. The van der Waals surface area contributed by atoms with Gasteiger partial charge in [-0.1, -0.05) is 84.4 Å². The summed E-state index contributed by atoms with van der Waals surface area (Å²) in [4.78, 5) is 2.25. The SMILES string of the molecule is Cc1ccc(C=C(CCO)c2ccc(N(c3ccccc3)c3ccccc3)cc2)cc1. The largest absolute Gasteiger partial charge is 0.396 e. The van der Waals surface area contributed by atoms with Gasteiger partial charge in [-0.15, -0.1) is 0 Å². The minimum Gasteiger partial charge on any atom is -0.396 e. The van der Waals surface area contributed by atoms with Crippen molar-refractivity contribution in [1.82, 2.24) is 0 Å². The lowest BCUT2D eigenvalue weighted by Gasteiger charge is -2.25. The molecule has 31 heavy (non-hydrogen) atoms. The number of aliphatic hydroxyl groups excluding tert-OH is 1. The number of nitrogens with zero attached hydrogens (tertiary/aromatic N) is 1. The van der Waals surface area contributed by atoms with E-state index in [-0.39, 0.29) is 6.61 Å². The number of anilines is 3. The highest BCUT2D eigenvalue weighted by atomic mass is 16.2. The van der Waals surface area contributed by atoms with Gasteiger partial charge >= 0.3 is 0 Å². The lowest BCUT2D eigenvalue weighted by Crippen LogP contribution is -2.09. The molecule has 2 nitrogen and oxygen atoms in total. The number of rotatable bonds is 7. The van der Waals surface area contributed by atoms with Crippen molar-refractivity contribution in [2.45, 2.75) is 13.3 Å². The quantitative estimate of drug-likeness (QED) is 0.324. The van der Waals surface area contributed by atoms with Crippen LogP contribution in [0.25, 0.3) is 11.6 Å². The third kappa shape index (κ3) is 5.11. The molecule has 4 aromatic carbocycles. The van der Waals surface area contributed by atoms with Gasteiger partial charge in [-0.2, -0.15) is 0 Å². The highest BCUT2D eigenvalue weighted by molar-refractivity contribution is 5.83. The van der Waals surface area contributed by atoms with E-state index in [4.69, 9.17) is 0 Å². The summed E-state index contributed by atoms with van der Waals surface area (Å²) in [6.07, 6.45) is 2.78. The summed E-state index contributed by atoms with van der Waals surface area (Å²) in [5.74, 6) is 0. The van der Waals surface area contributed by atoms with Crippen molar-refractivity contribution in [2.24, 2.45) is 0 Å². The summed E-state index contributed by atoms with van der Waals surface area (Å²) in [6, 6.07) is 37.8. The van der Waals surface area contributed by atoms with E-state index in [1.807, 2.05) is 12.1 Å². The Morgan fingerprint density at radius 2 is 1.19 bits per heavy atom. The highest BCUT2D eigenvalue weighted by Crippen LogP contribution is 2.35. The van der Waals surface area contributed by atoms with Crippen LogP contribution in [0, 0.1) is 6.92 Å². The van der Waals surface area contributed by atoms with E-state index in [0.29, 0.717) is 6.42 Å². The third-order valence-corrected chi connectivity index (χ3v) is 5.32. The van der Waals surface area contributed by atoms with Gasteiger partial charge in [-0.3, -0.25) is 0 Å². The predicted octanol–water partition coefficient (Wildman–Crippen LogP) is 7.39. The Hall–Kier alpha value is -3.62. The first-order valence-electron chi connectivity index (χ1n) is 10.6. The predicted molar refractivity (Wildman–Crippen MR) is 132 cm³/mol. The van der Waals surface area contributed by atoms with Crippen molar-refractivity contribution >= 4 is 28.7 Å². The van der Waals surface area contributed by atoms with Crippen LogP contribution in [-0.4, -0.2) is 11.7 Å². The van der Waals surface area contributed by atoms with Crippen LogP contribution < -0.4 is 4.90 Å². The molecule has 0 unspecified atom stereocenters. The topological polar surface area (TPSA) is 23.5 Å². The van der Waals surface area contributed by atoms with E-state index in [0.717, 1.165) is 33.8 Å². The van der Waals surface area contributed by atoms with E-state index < -0.39 is 0 Å². The first-order valence-corrected chi connectivity index (χ1v) is 10.6. The van der Waals surface area contributed by atoms with Gasteiger partial charge in [-0.05, 0) is 66.4 Å². The van der Waals surface area contributed by atoms with E-state index in [1.165, 1.54) is 5.56 Å². The van der Waals surface area contributed by atoms with Crippen molar-refractivity contribution in [1.29, 1.82) is 0 Å². The fraction of sp³-hybridized carbons (Fsp3) is 0.103. The summed E-state index contributed by atoms with van der Waals surface area (Å²) < 4.78 is 0. The molecule has 0 amide bonds. The van der Waals surface area contributed by atoms with Gasteiger partial charge in [0.1, 0.15) is 0 Å². The van der Waals surface area contributed by atoms with Gasteiger partial charge in [-0.25, -0.2) is 0 Å². The first-order chi connectivity index (χ1) is 15.2. The zero-order valence-corrected chi connectivity index (χ0v) is 17.8. The lowest BCUT2D eigenvalue weighted by atomic mass is 9.99. The van der Waals surface area contributed by atoms with Gasteiger partial charge < -0.3 is 10.0 Å². The maximum absolute atomic E-state index is 9.61. The maximum atomic E-state index is 9.61. The lowest BCUT2D eigenvalue weighted by molar-refractivity contribution is 0.305. The second-order valence-electron chi connectivity index (χ2n) is 7.61. The molecule has 0 radical (unpaired) electrons. The zero-order chi connectivity index (χ0) is 21.5. The number of para-hydroxylation sites is 2. The van der Waals surface area contributed by atoms with Crippen molar-refractivity contribution in [2.75, 3.05) is 11.5 Å². The summed E-state index contributed by atoms with van der Waals surface area (Å²) in [5, 5.41) is 9.61.